The number of carboxylic acids is 1. The largest absolute Gasteiger partial charge is 0.481 e. The highest BCUT2D eigenvalue weighted by molar-refractivity contribution is 5.89. The van der Waals surface area contributed by atoms with Crippen molar-refractivity contribution in [1.29, 1.82) is 5.26 Å². The second kappa shape index (κ2) is 10.0. The van der Waals surface area contributed by atoms with Crippen LogP contribution in [0.2, 0.25) is 0 Å². The summed E-state index contributed by atoms with van der Waals surface area (Å²) in [4.78, 5) is 12.2. The average Bonchev–Trinajstić information content (AvgIpc) is 2.83. The van der Waals surface area contributed by atoms with Gasteiger partial charge in [-0.25, -0.2) is 0 Å². The predicted octanol–water partition coefficient (Wildman–Crippen LogP) is 6.55. The third-order valence-corrected chi connectivity index (χ3v) is 6.82. The normalized spacial score (nSPS) is 16.7. The van der Waals surface area contributed by atoms with Gasteiger partial charge in [-0.3, -0.25) is 4.79 Å². The van der Waals surface area contributed by atoms with E-state index in [-0.39, 0.29) is 12.3 Å². The molecule has 0 heterocycles. The lowest BCUT2D eigenvalue weighted by Crippen LogP contribution is -2.23. The molecule has 1 aliphatic rings. The summed E-state index contributed by atoms with van der Waals surface area (Å²) >= 11 is 0. The number of nitriles is 1. The molecule has 0 unspecified atom stereocenters. The maximum absolute atomic E-state index is 12.2. The smallest absolute Gasteiger partial charge is 0.304 e. The number of benzene rings is 3. The molecule has 35 heavy (non-hydrogen) atoms. The highest BCUT2D eigenvalue weighted by atomic mass is 16.4. The van der Waals surface area contributed by atoms with Crippen LogP contribution in [-0.4, -0.2) is 11.1 Å². The van der Waals surface area contributed by atoms with Crippen LogP contribution in [0.1, 0.15) is 58.1 Å². The molecule has 2 atom stereocenters. The number of carbonyl (C=O) groups is 1. The summed E-state index contributed by atoms with van der Waals surface area (Å²) < 4.78 is 0. The third kappa shape index (κ3) is 5.05. The maximum atomic E-state index is 12.2. The molecule has 4 heteroatoms. The van der Waals surface area contributed by atoms with Crippen molar-refractivity contribution < 1.29 is 9.90 Å². The van der Waals surface area contributed by atoms with E-state index in [9.17, 15) is 15.2 Å². The minimum absolute atomic E-state index is 0.0747. The Morgan fingerprint density at radius 3 is 1.97 bits per heavy atom. The number of hydrogen-bond acceptors (Lipinski definition) is 3. The number of carboxylic acid groups (broad SMARTS) is 1. The standard InChI is InChI=1S/C31H30N2O2/c1-19-4-10-22(11-5-19)25-16-28(33)27(18-32)30(24-14-8-21(3)9-15-24)31(25)26(17-29(34)35)23-12-6-20(2)7-13-23/h4-15,25-26H,16-17,33H2,1-3H3,(H,34,35)/t25-,26-/m1/s1. The summed E-state index contributed by atoms with van der Waals surface area (Å²) in [5.74, 6) is -1.43. The molecule has 0 amide bonds. The first kappa shape index (κ1) is 24.0. The molecule has 0 fully saturated rings. The van der Waals surface area contributed by atoms with Crippen LogP contribution in [0.25, 0.3) is 5.57 Å². The Kier molecular flexibility index (Phi) is 6.89. The van der Waals surface area contributed by atoms with E-state index in [4.69, 9.17) is 5.73 Å². The van der Waals surface area contributed by atoms with Crippen molar-refractivity contribution in [2.75, 3.05) is 0 Å². The van der Waals surface area contributed by atoms with E-state index >= 15 is 0 Å². The van der Waals surface area contributed by atoms with Crippen molar-refractivity contribution >= 4 is 11.5 Å². The molecule has 4 nitrogen and oxygen atoms in total. The van der Waals surface area contributed by atoms with E-state index < -0.39 is 11.9 Å². The molecule has 0 aromatic heterocycles. The van der Waals surface area contributed by atoms with Crippen LogP contribution in [0.5, 0.6) is 0 Å². The molecule has 3 aromatic rings. The quantitative estimate of drug-likeness (QED) is 0.435. The maximum Gasteiger partial charge on any atom is 0.304 e. The second-order valence-corrected chi connectivity index (χ2v) is 9.44. The predicted molar refractivity (Wildman–Crippen MR) is 140 cm³/mol. The molecule has 0 saturated heterocycles. The van der Waals surface area contributed by atoms with Gasteiger partial charge in [0.25, 0.3) is 0 Å². The molecule has 176 valence electrons. The average molecular weight is 463 g/mol. The number of rotatable bonds is 6. The number of hydrogen-bond donors (Lipinski definition) is 2. The Hall–Kier alpha value is -4.10. The van der Waals surface area contributed by atoms with Gasteiger partial charge in [-0.1, -0.05) is 89.5 Å². The lowest BCUT2D eigenvalue weighted by molar-refractivity contribution is -0.137. The number of aliphatic carboxylic acids is 1. The van der Waals surface area contributed by atoms with Crippen molar-refractivity contribution in [3.05, 3.63) is 123 Å². The Labute approximate surface area is 207 Å². The van der Waals surface area contributed by atoms with Gasteiger partial charge in [0.05, 0.1) is 12.0 Å². The Bertz CT molecular complexity index is 1340. The fourth-order valence-electron chi connectivity index (χ4n) is 4.96. The molecule has 4 rings (SSSR count). The topological polar surface area (TPSA) is 87.1 Å². The van der Waals surface area contributed by atoms with Crippen molar-refractivity contribution in [2.24, 2.45) is 5.73 Å². The van der Waals surface area contributed by atoms with Gasteiger partial charge in [0.2, 0.25) is 0 Å². The minimum Gasteiger partial charge on any atom is -0.481 e. The molecule has 0 radical (unpaired) electrons. The first-order valence-corrected chi connectivity index (χ1v) is 11.8. The Morgan fingerprint density at radius 2 is 1.46 bits per heavy atom. The van der Waals surface area contributed by atoms with E-state index in [1.165, 1.54) is 0 Å². The molecule has 1 aliphatic carbocycles. The monoisotopic (exact) mass is 462 g/mol. The highest BCUT2D eigenvalue weighted by Gasteiger charge is 2.36. The zero-order valence-electron chi connectivity index (χ0n) is 20.4. The number of allylic oxidation sites excluding steroid dienone is 4. The van der Waals surface area contributed by atoms with Crippen molar-refractivity contribution in [3.8, 4) is 6.07 Å². The Balaban J connectivity index is 2.07. The summed E-state index contributed by atoms with van der Waals surface area (Å²) in [7, 11) is 0. The zero-order chi connectivity index (χ0) is 25.1. The van der Waals surface area contributed by atoms with Gasteiger partial charge in [0, 0.05) is 23.1 Å². The van der Waals surface area contributed by atoms with E-state index in [0.29, 0.717) is 17.7 Å². The molecular formula is C31H30N2O2. The number of nitrogens with two attached hydrogens (primary N) is 1. The van der Waals surface area contributed by atoms with E-state index in [1.54, 1.807) is 0 Å². The van der Waals surface area contributed by atoms with Gasteiger partial charge < -0.3 is 10.8 Å². The van der Waals surface area contributed by atoms with Crippen molar-refractivity contribution in [1.82, 2.24) is 0 Å². The van der Waals surface area contributed by atoms with Crippen LogP contribution in [0.4, 0.5) is 0 Å². The van der Waals surface area contributed by atoms with Crippen LogP contribution in [-0.2, 0) is 4.79 Å². The third-order valence-electron chi connectivity index (χ3n) is 6.82. The minimum atomic E-state index is -0.880. The first-order valence-electron chi connectivity index (χ1n) is 11.8. The summed E-state index contributed by atoms with van der Waals surface area (Å²) in [6, 6.07) is 26.7. The van der Waals surface area contributed by atoms with Gasteiger partial charge >= 0.3 is 5.97 Å². The number of aryl methyl sites for hydroxylation is 3. The van der Waals surface area contributed by atoms with Crippen LogP contribution < -0.4 is 5.73 Å². The zero-order valence-corrected chi connectivity index (χ0v) is 20.4. The molecule has 0 aliphatic heterocycles. The van der Waals surface area contributed by atoms with Gasteiger partial charge in [-0.05, 0) is 49.5 Å². The fraction of sp³-hybridized carbons (Fsp3) is 0.226. The Morgan fingerprint density at radius 1 is 0.943 bits per heavy atom. The lowest BCUT2D eigenvalue weighted by Gasteiger charge is -2.35. The molecular weight excluding hydrogens is 432 g/mol. The van der Waals surface area contributed by atoms with Gasteiger partial charge in [0.1, 0.15) is 6.07 Å². The van der Waals surface area contributed by atoms with E-state index in [1.807, 2.05) is 69.3 Å². The summed E-state index contributed by atoms with van der Waals surface area (Å²) in [5, 5.41) is 20.2. The molecule has 3 aromatic carbocycles. The van der Waals surface area contributed by atoms with Crippen LogP contribution >= 0.6 is 0 Å². The first-order chi connectivity index (χ1) is 16.8. The summed E-state index contributed by atoms with van der Waals surface area (Å²) in [6.45, 7) is 6.07. The fourth-order valence-corrected chi connectivity index (χ4v) is 4.96. The summed E-state index contributed by atoms with van der Waals surface area (Å²) in [5.41, 5.74) is 15.4. The molecule has 0 spiro atoms. The highest BCUT2D eigenvalue weighted by Crippen LogP contribution is 2.50. The van der Waals surface area contributed by atoms with Crippen molar-refractivity contribution in [2.45, 2.75) is 45.4 Å². The van der Waals surface area contributed by atoms with Crippen LogP contribution in [0, 0.1) is 32.1 Å². The van der Waals surface area contributed by atoms with Gasteiger partial charge in [-0.2, -0.15) is 5.26 Å². The SMILES string of the molecule is Cc1ccc(C2=C([C@H](CC(=O)O)c3ccc(C)cc3)[C@@H](c3ccc(C)cc3)CC(N)=C2C#N)cc1. The molecule has 3 N–H and O–H groups in total. The summed E-state index contributed by atoms with van der Waals surface area (Å²) in [6.07, 6.45) is 0.396. The van der Waals surface area contributed by atoms with Crippen molar-refractivity contribution in [3.63, 3.8) is 0 Å². The van der Waals surface area contributed by atoms with Crippen LogP contribution in [0.15, 0.2) is 89.6 Å². The van der Waals surface area contributed by atoms with Gasteiger partial charge in [-0.15, -0.1) is 0 Å². The molecule has 0 saturated carbocycles. The lowest BCUT2D eigenvalue weighted by atomic mass is 9.69. The second-order valence-electron chi connectivity index (χ2n) is 9.44. The van der Waals surface area contributed by atoms with E-state index in [0.717, 1.165) is 44.5 Å². The molecule has 0 bridgehead atoms. The van der Waals surface area contributed by atoms with E-state index in [2.05, 4.69) is 30.3 Å². The number of nitrogens with zero attached hydrogens (tertiary/aromatic N) is 1. The van der Waals surface area contributed by atoms with Crippen LogP contribution in [0.3, 0.4) is 0 Å². The van der Waals surface area contributed by atoms with Gasteiger partial charge in [0.15, 0.2) is 0 Å².